The van der Waals surface area contributed by atoms with Crippen molar-refractivity contribution in [1.82, 2.24) is 15.5 Å². The molecular weight excluding hydrogens is 458 g/mol. The van der Waals surface area contributed by atoms with E-state index in [2.05, 4.69) is 10.6 Å². The molecule has 36 heavy (non-hydrogen) atoms. The van der Waals surface area contributed by atoms with Crippen LogP contribution in [-0.2, 0) is 14.3 Å². The van der Waals surface area contributed by atoms with Crippen LogP contribution in [0.4, 0.5) is 4.79 Å². The van der Waals surface area contributed by atoms with Crippen LogP contribution in [0.3, 0.4) is 0 Å². The zero-order chi connectivity index (χ0) is 26.5. The molecule has 0 bridgehead atoms. The lowest BCUT2D eigenvalue weighted by atomic mass is 9.94. The van der Waals surface area contributed by atoms with Crippen molar-refractivity contribution in [1.29, 1.82) is 0 Å². The Kier molecular flexibility index (Phi) is 9.25. The summed E-state index contributed by atoms with van der Waals surface area (Å²) in [6.45, 7) is 9.31. The summed E-state index contributed by atoms with van der Waals surface area (Å²) < 4.78 is 5.43. The van der Waals surface area contributed by atoms with Crippen molar-refractivity contribution in [3.05, 3.63) is 29.8 Å². The molecule has 1 aromatic rings. The number of hydrogen-bond acceptors (Lipinski definition) is 5. The topological polar surface area (TPSA) is 108 Å². The average Bonchev–Trinajstić information content (AvgIpc) is 3.61. The molecular formula is C28H43N3O5. The van der Waals surface area contributed by atoms with Gasteiger partial charge in [0.2, 0.25) is 11.8 Å². The summed E-state index contributed by atoms with van der Waals surface area (Å²) in [6, 6.07) is 4.82. The number of aromatic hydroxyl groups is 1. The Hall–Kier alpha value is -2.77. The maximum Gasteiger partial charge on any atom is 0.408 e. The number of alkyl carbamates (subject to hydrolysis) is 1. The molecule has 0 heterocycles. The number of benzene rings is 1. The predicted molar refractivity (Wildman–Crippen MR) is 138 cm³/mol. The van der Waals surface area contributed by atoms with Gasteiger partial charge in [-0.05, 0) is 76.5 Å². The lowest BCUT2D eigenvalue weighted by Crippen LogP contribution is -2.54. The highest BCUT2D eigenvalue weighted by molar-refractivity contribution is 5.92. The largest absolute Gasteiger partial charge is 0.508 e. The number of amides is 3. The van der Waals surface area contributed by atoms with Crippen LogP contribution in [0.15, 0.2) is 24.3 Å². The van der Waals surface area contributed by atoms with Crippen LogP contribution in [0, 0.1) is 5.92 Å². The molecule has 3 amide bonds. The van der Waals surface area contributed by atoms with Crippen LogP contribution in [0.25, 0.3) is 0 Å². The van der Waals surface area contributed by atoms with Crippen LogP contribution >= 0.6 is 0 Å². The Bertz CT molecular complexity index is 899. The van der Waals surface area contributed by atoms with E-state index in [4.69, 9.17) is 4.74 Å². The third kappa shape index (κ3) is 8.14. The van der Waals surface area contributed by atoms with Gasteiger partial charge in [0.05, 0.1) is 0 Å². The summed E-state index contributed by atoms with van der Waals surface area (Å²) in [5.41, 5.74) is -0.0536. The second kappa shape index (κ2) is 12.0. The summed E-state index contributed by atoms with van der Waals surface area (Å²) in [7, 11) is 0. The van der Waals surface area contributed by atoms with Crippen LogP contribution < -0.4 is 10.6 Å². The van der Waals surface area contributed by atoms with Crippen molar-refractivity contribution in [2.24, 2.45) is 5.92 Å². The number of carbonyl (C=O) groups is 3. The number of hydrogen-bond donors (Lipinski definition) is 3. The fourth-order valence-corrected chi connectivity index (χ4v) is 4.82. The first-order valence-electron chi connectivity index (χ1n) is 13.4. The van der Waals surface area contributed by atoms with Gasteiger partial charge in [0, 0.05) is 12.1 Å². The maximum absolute atomic E-state index is 14.1. The summed E-state index contributed by atoms with van der Waals surface area (Å²) in [5, 5.41) is 15.8. The second-order valence-electron chi connectivity index (χ2n) is 11.6. The summed E-state index contributed by atoms with van der Waals surface area (Å²) in [5.74, 6) is -0.265. The Labute approximate surface area is 215 Å². The first-order chi connectivity index (χ1) is 16.9. The number of rotatable bonds is 9. The molecule has 0 aliphatic heterocycles. The SMILES string of the molecule is CC(C)CC(NC(=O)OC(C)(C)C)C(=O)N(C1CC1)C(C(=O)NC1CCCCC1)c1ccc(O)cc1. The number of phenolic OH excluding ortho intramolecular Hbond substituents is 1. The van der Waals surface area contributed by atoms with E-state index in [1.807, 2.05) is 13.8 Å². The first-order valence-corrected chi connectivity index (χ1v) is 13.4. The van der Waals surface area contributed by atoms with E-state index in [1.165, 1.54) is 18.6 Å². The molecule has 3 rings (SSSR count). The predicted octanol–water partition coefficient (Wildman–Crippen LogP) is 4.81. The molecule has 2 saturated carbocycles. The van der Waals surface area contributed by atoms with Gasteiger partial charge in [-0.3, -0.25) is 9.59 Å². The number of carbonyl (C=O) groups excluding carboxylic acids is 3. The molecule has 0 aromatic heterocycles. The van der Waals surface area contributed by atoms with E-state index in [9.17, 15) is 19.5 Å². The van der Waals surface area contributed by atoms with E-state index < -0.39 is 23.8 Å². The number of ether oxygens (including phenoxy) is 1. The second-order valence-corrected chi connectivity index (χ2v) is 11.6. The van der Waals surface area contributed by atoms with Gasteiger partial charge in [0.15, 0.2) is 0 Å². The molecule has 0 radical (unpaired) electrons. The van der Waals surface area contributed by atoms with E-state index in [0.29, 0.717) is 12.0 Å². The molecule has 200 valence electrons. The molecule has 2 aliphatic rings. The van der Waals surface area contributed by atoms with Crippen LogP contribution in [0.2, 0.25) is 0 Å². The van der Waals surface area contributed by atoms with Gasteiger partial charge < -0.3 is 25.4 Å². The van der Waals surface area contributed by atoms with Gasteiger partial charge in [-0.15, -0.1) is 0 Å². The molecule has 2 aliphatic carbocycles. The van der Waals surface area contributed by atoms with Crippen molar-refractivity contribution in [2.45, 2.75) is 116 Å². The van der Waals surface area contributed by atoms with Gasteiger partial charge in [-0.1, -0.05) is 45.2 Å². The quantitative estimate of drug-likeness (QED) is 0.450. The fourth-order valence-electron chi connectivity index (χ4n) is 4.82. The van der Waals surface area contributed by atoms with Crippen molar-refractivity contribution >= 4 is 17.9 Å². The zero-order valence-corrected chi connectivity index (χ0v) is 22.4. The van der Waals surface area contributed by atoms with Crippen molar-refractivity contribution in [3.8, 4) is 5.75 Å². The molecule has 8 heteroatoms. The Morgan fingerprint density at radius 2 is 1.64 bits per heavy atom. The summed E-state index contributed by atoms with van der Waals surface area (Å²) >= 11 is 0. The molecule has 8 nitrogen and oxygen atoms in total. The maximum atomic E-state index is 14.1. The highest BCUT2D eigenvalue weighted by Crippen LogP contribution is 2.36. The normalized spacial score (nSPS) is 18.3. The third-order valence-corrected chi connectivity index (χ3v) is 6.58. The minimum atomic E-state index is -0.845. The van der Waals surface area contributed by atoms with Gasteiger partial charge in [-0.25, -0.2) is 4.79 Å². The lowest BCUT2D eigenvalue weighted by Gasteiger charge is -2.36. The highest BCUT2D eigenvalue weighted by Gasteiger charge is 2.44. The average molecular weight is 502 g/mol. The summed E-state index contributed by atoms with van der Waals surface area (Å²) in [6.07, 6.45) is 6.58. The van der Waals surface area contributed by atoms with Gasteiger partial charge in [-0.2, -0.15) is 0 Å². The van der Waals surface area contributed by atoms with Crippen molar-refractivity contribution in [3.63, 3.8) is 0 Å². The van der Waals surface area contributed by atoms with Crippen molar-refractivity contribution < 1.29 is 24.2 Å². The van der Waals surface area contributed by atoms with Gasteiger partial charge >= 0.3 is 6.09 Å². The lowest BCUT2D eigenvalue weighted by molar-refractivity contribution is -0.143. The van der Waals surface area contributed by atoms with E-state index in [-0.39, 0.29) is 35.6 Å². The molecule has 0 spiro atoms. The van der Waals surface area contributed by atoms with E-state index >= 15 is 0 Å². The van der Waals surface area contributed by atoms with Crippen LogP contribution in [-0.4, -0.2) is 51.6 Å². The molecule has 2 atom stereocenters. The zero-order valence-electron chi connectivity index (χ0n) is 22.4. The van der Waals surface area contributed by atoms with Crippen LogP contribution in [0.5, 0.6) is 5.75 Å². The number of nitrogens with zero attached hydrogens (tertiary/aromatic N) is 1. The highest BCUT2D eigenvalue weighted by atomic mass is 16.6. The molecule has 2 unspecified atom stereocenters. The van der Waals surface area contributed by atoms with Crippen LogP contribution in [0.1, 0.15) is 97.6 Å². The number of nitrogens with one attached hydrogen (secondary N) is 2. The fraction of sp³-hybridized carbons (Fsp3) is 0.679. The third-order valence-electron chi connectivity index (χ3n) is 6.58. The minimum Gasteiger partial charge on any atom is -0.508 e. The monoisotopic (exact) mass is 501 g/mol. The number of phenols is 1. The van der Waals surface area contributed by atoms with Gasteiger partial charge in [0.25, 0.3) is 0 Å². The van der Waals surface area contributed by atoms with Gasteiger partial charge in [0.1, 0.15) is 23.4 Å². The first kappa shape index (κ1) is 27.8. The Morgan fingerprint density at radius 1 is 1.03 bits per heavy atom. The van der Waals surface area contributed by atoms with E-state index in [1.54, 1.807) is 37.8 Å². The molecule has 0 saturated heterocycles. The Balaban J connectivity index is 1.91. The van der Waals surface area contributed by atoms with Crippen molar-refractivity contribution in [2.75, 3.05) is 0 Å². The van der Waals surface area contributed by atoms with E-state index in [0.717, 1.165) is 38.5 Å². The minimum absolute atomic E-state index is 0.0801. The Morgan fingerprint density at radius 3 is 2.17 bits per heavy atom. The summed E-state index contributed by atoms with van der Waals surface area (Å²) in [4.78, 5) is 42.1. The molecule has 1 aromatic carbocycles. The molecule has 2 fully saturated rings. The smallest absolute Gasteiger partial charge is 0.408 e. The standard InChI is InChI=1S/C28H43N3O5/c1-18(2)17-23(30-27(35)36-28(3,4)5)26(34)31(21-13-14-21)24(19-11-15-22(32)16-12-19)25(33)29-20-9-7-6-8-10-20/h11-12,15-16,18,20-21,23-24,32H,6-10,13-14,17H2,1-5H3,(H,29,33)(H,30,35). The molecule has 3 N–H and O–H groups in total.